The smallest absolute Gasteiger partial charge is 0.303 e. The van der Waals surface area contributed by atoms with Gasteiger partial charge in [-0.15, -0.1) is 0 Å². The summed E-state index contributed by atoms with van der Waals surface area (Å²) in [7, 11) is 1.99. The van der Waals surface area contributed by atoms with Crippen LogP contribution in [0.5, 0.6) is 0 Å². The number of carbonyl (C=O) groups is 1. The Morgan fingerprint density at radius 3 is 2.88 bits per heavy atom. The lowest BCUT2D eigenvalue weighted by Crippen LogP contribution is -2.07. The van der Waals surface area contributed by atoms with Crippen LogP contribution in [0.25, 0.3) is 0 Å². The second-order valence-electron chi connectivity index (χ2n) is 4.98. The predicted molar refractivity (Wildman–Crippen MR) is 58.5 cm³/mol. The highest BCUT2D eigenvalue weighted by Gasteiger charge is 2.37. The summed E-state index contributed by atoms with van der Waals surface area (Å²) in [5.74, 6) is 0.163. The molecule has 0 saturated heterocycles. The first-order valence-electron chi connectivity index (χ1n) is 5.94. The van der Waals surface area contributed by atoms with E-state index in [0.717, 1.165) is 18.5 Å². The van der Waals surface area contributed by atoms with Crippen LogP contribution in [-0.4, -0.2) is 20.9 Å². The Morgan fingerprint density at radius 1 is 1.50 bits per heavy atom. The Hall–Kier alpha value is -1.32. The van der Waals surface area contributed by atoms with Crippen molar-refractivity contribution in [1.82, 2.24) is 9.78 Å². The van der Waals surface area contributed by atoms with E-state index in [1.165, 1.54) is 24.1 Å². The zero-order valence-electron chi connectivity index (χ0n) is 9.44. The molecule has 1 fully saturated rings. The predicted octanol–water partition coefficient (Wildman–Crippen LogP) is 1.80. The summed E-state index contributed by atoms with van der Waals surface area (Å²) in [6.45, 7) is 0. The molecular formula is C12H16N2O2. The monoisotopic (exact) mass is 220 g/mol. The first-order valence-corrected chi connectivity index (χ1v) is 5.94. The lowest BCUT2D eigenvalue weighted by atomic mass is 9.96. The summed E-state index contributed by atoms with van der Waals surface area (Å²) in [5, 5.41) is 13.5. The number of aromatic nitrogens is 2. The first kappa shape index (κ1) is 9.87. The van der Waals surface area contributed by atoms with Crippen LogP contribution in [0, 0.1) is 0 Å². The molecule has 0 radical (unpaired) electrons. The number of fused-ring (bicyclic) bond motifs is 1. The highest BCUT2D eigenvalue weighted by Crippen LogP contribution is 2.47. The number of aryl methyl sites for hydroxylation is 2. The molecule has 0 aliphatic heterocycles. The van der Waals surface area contributed by atoms with Gasteiger partial charge in [0.25, 0.3) is 0 Å². The molecule has 0 bridgehead atoms. The van der Waals surface area contributed by atoms with Gasteiger partial charge in [-0.2, -0.15) is 5.10 Å². The van der Waals surface area contributed by atoms with Gasteiger partial charge in [-0.3, -0.25) is 9.48 Å². The molecule has 86 valence electrons. The molecule has 2 aliphatic rings. The summed E-state index contributed by atoms with van der Waals surface area (Å²) in [4.78, 5) is 10.8. The molecule has 4 heteroatoms. The van der Waals surface area contributed by atoms with E-state index in [2.05, 4.69) is 5.10 Å². The van der Waals surface area contributed by atoms with Crippen molar-refractivity contribution in [3.63, 3.8) is 0 Å². The van der Waals surface area contributed by atoms with E-state index in [1.54, 1.807) is 0 Å². The fraction of sp³-hybridized carbons (Fsp3) is 0.667. The number of hydrogen-bond acceptors (Lipinski definition) is 2. The van der Waals surface area contributed by atoms with E-state index in [-0.39, 0.29) is 12.3 Å². The molecule has 1 atom stereocenters. The van der Waals surface area contributed by atoms with E-state index in [4.69, 9.17) is 5.11 Å². The Bertz CT molecular complexity index is 446. The Balaban J connectivity index is 1.98. The van der Waals surface area contributed by atoms with Gasteiger partial charge in [0, 0.05) is 24.2 Å². The number of nitrogens with zero attached hydrogens (tertiary/aromatic N) is 2. The topological polar surface area (TPSA) is 55.1 Å². The second-order valence-corrected chi connectivity index (χ2v) is 4.98. The minimum atomic E-state index is -0.691. The van der Waals surface area contributed by atoms with Crippen LogP contribution in [0.4, 0.5) is 0 Å². The molecule has 0 amide bonds. The molecule has 3 rings (SSSR count). The van der Waals surface area contributed by atoms with Crippen LogP contribution in [-0.2, 0) is 18.3 Å². The fourth-order valence-corrected chi connectivity index (χ4v) is 2.95. The van der Waals surface area contributed by atoms with Crippen molar-refractivity contribution >= 4 is 5.97 Å². The van der Waals surface area contributed by atoms with Crippen molar-refractivity contribution in [2.45, 2.75) is 43.9 Å². The third kappa shape index (κ3) is 1.44. The van der Waals surface area contributed by atoms with Gasteiger partial charge < -0.3 is 5.11 Å². The number of hydrogen-bond donors (Lipinski definition) is 1. The maximum atomic E-state index is 10.8. The first-order chi connectivity index (χ1) is 7.66. The van der Waals surface area contributed by atoms with Crippen LogP contribution < -0.4 is 0 Å². The molecule has 1 heterocycles. The Labute approximate surface area is 94.3 Å². The van der Waals surface area contributed by atoms with Gasteiger partial charge in [-0.05, 0) is 31.6 Å². The van der Waals surface area contributed by atoms with E-state index in [0.29, 0.717) is 5.92 Å². The third-order valence-corrected chi connectivity index (χ3v) is 3.73. The molecule has 16 heavy (non-hydrogen) atoms. The average Bonchev–Trinajstić information content (AvgIpc) is 2.88. The number of aliphatic carboxylic acids is 1. The molecule has 4 nitrogen and oxygen atoms in total. The third-order valence-electron chi connectivity index (χ3n) is 3.73. The molecule has 1 aromatic rings. The average molecular weight is 220 g/mol. The van der Waals surface area contributed by atoms with Crippen molar-refractivity contribution in [2.24, 2.45) is 7.05 Å². The highest BCUT2D eigenvalue weighted by molar-refractivity contribution is 5.68. The maximum Gasteiger partial charge on any atom is 0.303 e. The van der Waals surface area contributed by atoms with E-state index < -0.39 is 5.97 Å². The fourth-order valence-electron chi connectivity index (χ4n) is 2.95. The molecule has 1 saturated carbocycles. The molecular weight excluding hydrogens is 204 g/mol. The normalized spacial score (nSPS) is 23.4. The summed E-state index contributed by atoms with van der Waals surface area (Å²) in [6.07, 6.45) is 4.66. The minimum absolute atomic E-state index is 0.205. The van der Waals surface area contributed by atoms with Crippen LogP contribution in [0.3, 0.4) is 0 Å². The summed E-state index contributed by atoms with van der Waals surface area (Å²) < 4.78 is 1.98. The summed E-state index contributed by atoms with van der Waals surface area (Å²) in [6, 6.07) is 0. The number of carboxylic acid groups (broad SMARTS) is 1. The molecule has 1 aromatic heterocycles. The van der Waals surface area contributed by atoms with Gasteiger partial charge in [0.1, 0.15) is 0 Å². The van der Waals surface area contributed by atoms with E-state index in [1.807, 2.05) is 11.7 Å². The van der Waals surface area contributed by atoms with Crippen molar-refractivity contribution in [1.29, 1.82) is 0 Å². The molecule has 0 spiro atoms. The number of rotatable bonds is 3. The molecule has 0 aromatic carbocycles. The zero-order chi connectivity index (χ0) is 11.3. The van der Waals surface area contributed by atoms with E-state index in [9.17, 15) is 4.79 Å². The Kier molecular flexibility index (Phi) is 2.06. The van der Waals surface area contributed by atoms with Crippen LogP contribution in [0.15, 0.2) is 0 Å². The van der Waals surface area contributed by atoms with Gasteiger partial charge >= 0.3 is 5.97 Å². The molecule has 1 unspecified atom stereocenters. The molecule has 1 N–H and O–H groups in total. The van der Waals surface area contributed by atoms with Gasteiger partial charge in [0.05, 0.1) is 12.1 Å². The van der Waals surface area contributed by atoms with Crippen LogP contribution in [0.1, 0.15) is 54.5 Å². The van der Waals surface area contributed by atoms with Gasteiger partial charge in [0.15, 0.2) is 0 Å². The van der Waals surface area contributed by atoms with Crippen molar-refractivity contribution in [2.75, 3.05) is 0 Å². The second kappa shape index (κ2) is 3.34. The quantitative estimate of drug-likeness (QED) is 0.845. The van der Waals surface area contributed by atoms with Crippen molar-refractivity contribution in [3.8, 4) is 0 Å². The zero-order valence-corrected chi connectivity index (χ0v) is 9.44. The summed E-state index contributed by atoms with van der Waals surface area (Å²) >= 11 is 0. The van der Waals surface area contributed by atoms with E-state index >= 15 is 0 Å². The lowest BCUT2D eigenvalue weighted by Gasteiger charge is -2.10. The highest BCUT2D eigenvalue weighted by atomic mass is 16.4. The van der Waals surface area contributed by atoms with Gasteiger partial charge in [-0.25, -0.2) is 0 Å². The maximum absolute atomic E-state index is 10.8. The van der Waals surface area contributed by atoms with Gasteiger partial charge in [0.2, 0.25) is 0 Å². The number of carboxylic acids is 1. The van der Waals surface area contributed by atoms with Crippen molar-refractivity contribution in [3.05, 3.63) is 17.0 Å². The van der Waals surface area contributed by atoms with Crippen LogP contribution in [0.2, 0.25) is 0 Å². The minimum Gasteiger partial charge on any atom is -0.481 e. The van der Waals surface area contributed by atoms with Crippen molar-refractivity contribution < 1.29 is 9.90 Å². The van der Waals surface area contributed by atoms with Crippen LogP contribution >= 0.6 is 0 Å². The lowest BCUT2D eigenvalue weighted by molar-refractivity contribution is -0.137. The standard InChI is InChI=1S/C12H16N2O2/c1-14-12(7-2-3-7)11-8(6-10(15)16)4-5-9(11)13-14/h7-8H,2-6H2,1H3,(H,15,16). The molecule has 2 aliphatic carbocycles. The largest absolute Gasteiger partial charge is 0.481 e. The summed E-state index contributed by atoms with van der Waals surface area (Å²) in [5.41, 5.74) is 3.74. The SMILES string of the molecule is Cn1nc2c(c1C1CC1)C(CC(=O)O)CC2. The Morgan fingerprint density at radius 2 is 2.25 bits per heavy atom. The van der Waals surface area contributed by atoms with Gasteiger partial charge in [-0.1, -0.05) is 0 Å².